The molecule has 0 aliphatic heterocycles. The van der Waals surface area contributed by atoms with Crippen LogP contribution in [0.15, 0.2) is 17.0 Å². The molecule has 0 saturated carbocycles. The molecular formula is C14H22ClF3N2O3S. The first-order chi connectivity index (χ1) is 10.2. The van der Waals surface area contributed by atoms with E-state index in [1.165, 1.54) is 0 Å². The zero-order valence-corrected chi connectivity index (χ0v) is 15.4. The summed E-state index contributed by atoms with van der Waals surface area (Å²) in [4.78, 5) is -0.600. The van der Waals surface area contributed by atoms with Crippen LogP contribution in [-0.4, -0.2) is 31.9 Å². The average molecular weight is 391 g/mol. The molecule has 0 aromatic heterocycles. The second-order valence-corrected chi connectivity index (χ2v) is 8.36. The van der Waals surface area contributed by atoms with Gasteiger partial charge in [0.05, 0.1) is 28.8 Å². The van der Waals surface area contributed by atoms with Gasteiger partial charge in [-0.3, -0.25) is 0 Å². The second kappa shape index (κ2) is 7.47. The molecule has 0 aliphatic rings. The van der Waals surface area contributed by atoms with Crippen LogP contribution in [0.4, 0.5) is 18.9 Å². The summed E-state index contributed by atoms with van der Waals surface area (Å²) in [6.07, 6.45) is -4.02. The first-order valence-corrected chi connectivity index (χ1v) is 8.65. The minimum absolute atomic E-state index is 0. The molecule has 4 N–H and O–H groups in total. The van der Waals surface area contributed by atoms with E-state index in [1.54, 1.807) is 20.8 Å². The molecular weight excluding hydrogens is 369 g/mol. The van der Waals surface area contributed by atoms with Crippen LogP contribution in [-0.2, 0) is 16.0 Å². The Labute approximate surface area is 145 Å². The third-order valence-corrected chi connectivity index (χ3v) is 4.20. The number of anilines is 1. The predicted octanol–water partition coefficient (Wildman–Crippen LogP) is 2.53. The van der Waals surface area contributed by atoms with E-state index in [1.807, 2.05) is 0 Å². The van der Waals surface area contributed by atoms with Crippen molar-refractivity contribution in [1.82, 2.24) is 5.32 Å². The number of benzene rings is 1. The second-order valence-electron chi connectivity index (χ2n) is 6.38. The van der Waals surface area contributed by atoms with Crippen LogP contribution in [0, 0.1) is 0 Å². The number of halogens is 4. The summed E-state index contributed by atoms with van der Waals surface area (Å²) >= 11 is 0. The number of alkyl halides is 3. The summed E-state index contributed by atoms with van der Waals surface area (Å²) in [5, 5.41) is 12.4. The first kappa shape index (κ1) is 23.0. The number of aliphatic hydroxyl groups excluding tert-OH is 1. The fraction of sp³-hybridized carbons (Fsp3) is 0.571. The lowest BCUT2D eigenvalue weighted by molar-refractivity contribution is -0.137. The standard InChI is InChI=1S/C14H21F3N2O3S.ClH/c1-13(2,3)19-10(7-20)8-5-9(14(15,16)17)12(18)11(6-8)23(4,21)22;/h5-6,10,19-20H,7,18H2,1-4H3;1H. The molecule has 0 aliphatic carbocycles. The van der Waals surface area contributed by atoms with Gasteiger partial charge in [-0.05, 0) is 38.5 Å². The Hall–Kier alpha value is -1.03. The van der Waals surface area contributed by atoms with Crippen LogP contribution in [0.5, 0.6) is 0 Å². The fourth-order valence-electron chi connectivity index (χ4n) is 2.15. The molecule has 1 aromatic carbocycles. The monoisotopic (exact) mass is 390 g/mol. The molecule has 0 spiro atoms. The van der Waals surface area contributed by atoms with Gasteiger partial charge >= 0.3 is 6.18 Å². The van der Waals surface area contributed by atoms with E-state index in [4.69, 9.17) is 5.73 Å². The van der Waals surface area contributed by atoms with E-state index >= 15 is 0 Å². The maximum Gasteiger partial charge on any atom is 0.418 e. The largest absolute Gasteiger partial charge is 0.418 e. The highest BCUT2D eigenvalue weighted by Crippen LogP contribution is 2.38. The van der Waals surface area contributed by atoms with Gasteiger partial charge in [-0.1, -0.05) is 0 Å². The fourth-order valence-corrected chi connectivity index (χ4v) is 3.01. The highest BCUT2D eigenvalue weighted by atomic mass is 35.5. The molecule has 0 radical (unpaired) electrons. The maximum atomic E-state index is 13.1. The van der Waals surface area contributed by atoms with Gasteiger partial charge < -0.3 is 16.2 Å². The van der Waals surface area contributed by atoms with E-state index in [2.05, 4.69) is 5.32 Å². The van der Waals surface area contributed by atoms with E-state index in [0.717, 1.165) is 18.4 Å². The highest BCUT2D eigenvalue weighted by molar-refractivity contribution is 7.90. The van der Waals surface area contributed by atoms with Gasteiger partial charge in [0.1, 0.15) is 0 Å². The Morgan fingerprint density at radius 3 is 2.08 bits per heavy atom. The predicted molar refractivity (Wildman–Crippen MR) is 88.9 cm³/mol. The molecule has 10 heteroatoms. The van der Waals surface area contributed by atoms with Crippen LogP contribution in [0.1, 0.15) is 37.9 Å². The minimum Gasteiger partial charge on any atom is -0.397 e. The van der Waals surface area contributed by atoms with Crippen LogP contribution < -0.4 is 11.1 Å². The Kier molecular flexibility index (Phi) is 7.15. The molecule has 140 valence electrons. The van der Waals surface area contributed by atoms with E-state index < -0.39 is 50.3 Å². The number of hydrogen-bond donors (Lipinski definition) is 3. The van der Waals surface area contributed by atoms with E-state index in [-0.39, 0.29) is 18.0 Å². The van der Waals surface area contributed by atoms with Crippen LogP contribution in [0.3, 0.4) is 0 Å². The Morgan fingerprint density at radius 1 is 1.25 bits per heavy atom. The number of nitrogens with two attached hydrogens (primary N) is 1. The molecule has 0 bridgehead atoms. The van der Waals surface area contributed by atoms with Gasteiger partial charge in [-0.2, -0.15) is 13.2 Å². The third kappa shape index (κ3) is 5.80. The van der Waals surface area contributed by atoms with Crippen molar-refractivity contribution in [3.05, 3.63) is 23.3 Å². The molecule has 1 aromatic rings. The summed E-state index contributed by atoms with van der Waals surface area (Å²) in [7, 11) is -3.96. The number of nitrogen functional groups attached to an aromatic ring is 1. The highest BCUT2D eigenvalue weighted by Gasteiger charge is 2.36. The van der Waals surface area contributed by atoms with Crippen LogP contribution in [0.2, 0.25) is 0 Å². The SMILES string of the molecule is CC(C)(C)NC(CO)c1cc(C(F)(F)F)c(N)c(S(C)(=O)=O)c1.Cl. The first-order valence-electron chi connectivity index (χ1n) is 6.76. The summed E-state index contributed by atoms with van der Waals surface area (Å²) in [5.74, 6) is 0. The molecule has 1 atom stereocenters. The third-order valence-electron chi connectivity index (χ3n) is 3.06. The van der Waals surface area contributed by atoms with Crippen LogP contribution >= 0.6 is 12.4 Å². The lowest BCUT2D eigenvalue weighted by Crippen LogP contribution is -2.40. The molecule has 0 fully saturated rings. The Morgan fingerprint density at radius 2 is 1.75 bits per heavy atom. The zero-order valence-electron chi connectivity index (χ0n) is 13.7. The topological polar surface area (TPSA) is 92.4 Å². The molecule has 0 saturated heterocycles. The van der Waals surface area contributed by atoms with Gasteiger partial charge in [0.2, 0.25) is 0 Å². The van der Waals surface area contributed by atoms with E-state index in [9.17, 15) is 26.7 Å². The zero-order chi connectivity index (χ0) is 18.2. The quantitative estimate of drug-likeness (QED) is 0.687. The number of hydrogen-bond acceptors (Lipinski definition) is 5. The van der Waals surface area contributed by atoms with E-state index in [0.29, 0.717) is 0 Å². The minimum atomic E-state index is -4.80. The van der Waals surface area contributed by atoms with Gasteiger partial charge in [0.25, 0.3) is 0 Å². The lowest BCUT2D eigenvalue weighted by Gasteiger charge is -2.28. The molecule has 0 heterocycles. The summed E-state index contributed by atoms with van der Waals surface area (Å²) < 4.78 is 62.9. The Balaban J connectivity index is 0.00000529. The summed E-state index contributed by atoms with van der Waals surface area (Å²) in [6, 6.07) is 0.973. The lowest BCUT2D eigenvalue weighted by atomic mass is 9.99. The number of nitrogens with one attached hydrogen (secondary N) is 1. The van der Waals surface area contributed by atoms with Gasteiger partial charge in [-0.25, -0.2) is 8.42 Å². The van der Waals surface area contributed by atoms with Gasteiger partial charge in [0.15, 0.2) is 9.84 Å². The van der Waals surface area contributed by atoms with Crippen molar-refractivity contribution in [1.29, 1.82) is 0 Å². The van der Waals surface area contributed by atoms with Crippen molar-refractivity contribution in [3.63, 3.8) is 0 Å². The number of aliphatic hydroxyl groups is 1. The van der Waals surface area contributed by atoms with Gasteiger partial charge in [0, 0.05) is 11.8 Å². The van der Waals surface area contributed by atoms with Gasteiger partial charge in [-0.15, -0.1) is 12.4 Å². The van der Waals surface area contributed by atoms with Crippen molar-refractivity contribution in [3.8, 4) is 0 Å². The Bertz CT molecular complexity index is 686. The molecule has 5 nitrogen and oxygen atoms in total. The van der Waals surface area contributed by atoms with Crippen molar-refractivity contribution in [2.45, 2.75) is 43.4 Å². The smallest absolute Gasteiger partial charge is 0.397 e. The molecule has 24 heavy (non-hydrogen) atoms. The van der Waals surface area contributed by atoms with Crippen molar-refractivity contribution >= 4 is 27.9 Å². The molecule has 1 rings (SSSR count). The molecule has 0 amide bonds. The van der Waals surface area contributed by atoms with Crippen LogP contribution in [0.25, 0.3) is 0 Å². The number of rotatable bonds is 4. The number of sulfone groups is 1. The van der Waals surface area contributed by atoms with Crippen molar-refractivity contribution in [2.75, 3.05) is 18.6 Å². The van der Waals surface area contributed by atoms with Crippen molar-refractivity contribution in [2.24, 2.45) is 0 Å². The normalized spacial score (nSPS) is 14.2. The van der Waals surface area contributed by atoms with Crippen molar-refractivity contribution < 1.29 is 26.7 Å². The average Bonchev–Trinajstić information content (AvgIpc) is 2.32. The summed E-state index contributed by atoms with van der Waals surface area (Å²) in [6.45, 7) is 4.82. The molecule has 1 unspecified atom stereocenters. The summed E-state index contributed by atoms with van der Waals surface area (Å²) in [5.41, 5.74) is 2.85. The maximum absolute atomic E-state index is 13.1.